The highest BCUT2D eigenvalue weighted by Gasteiger charge is 2.13. The molecule has 0 amide bonds. The fourth-order valence-electron chi connectivity index (χ4n) is 1.90. The minimum Gasteiger partial charge on any atom is -0.308 e. The van der Waals surface area contributed by atoms with Crippen molar-refractivity contribution in [2.24, 2.45) is 5.84 Å². The molecule has 2 aromatic rings. The topological polar surface area (TPSA) is 63.8 Å². The van der Waals surface area contributed by atoms with Gasteiger partial charge in [-0.25, -0.2) is 15.8 Å². The second-order valence-electron chi connectivity index (χ2n) is 5.51. The molecule has 0 unspecified atom stereocenters. The van der Waals surface area contributed by atoms with Crippen molar-refractivity contribution in [3.05, 3.63) is 40.7 Å². The van der Waals surface area contributed by atoms with Crippen LogP contribution in [-0.2, 0) is 0 Å². The van der Waals surface area contributed by atoms with Crippen molar-refractivity contribution in [1.29, 1.82) is 0 Å². The molecule has 0 aliphatic carbocycles. The van der Waals surface area contributed by atoms with E-state index < -0.39 is 0 Å². The molecule has 0 fully saturated rings. The minimum absolute atomic E-state index is 0.261. The summed E-state index contributed by atoms with van der Waals surface area (Å²) in [5.41, 5.74) is 6.23. The fraction of sp³-hybridized carbons (Fsp3) is 0.375. The van der Waals surface area contributed by atoms with Gasteiger partial charge in [0.25, 0.3) is 0 Å². The Hall–Kier alpha value is -1.59. The molecule has 0 saturated heterocycles. The summed E-state index contributed by atoms with van der Waals surface area (Å²) in [6, 6.07) is 6.45. The lowest BCUT2D eigenvalue weighted by Gasteiger charge is -2.13. The summed E-state index contributed by atoms with van der Waals surface area (Å²) in [4.78, 5) is 10.3. The highest BCUT2D eigenvalue weighted by atomic mass is 32.2. The van der Waals surface area contributed by atoms with Gasteiger partial charge in [-0.1, -0.05) is 31.7 Å². The van der Waals surface area contributed by atoms with E-state index in [-0.39, 0.29) is 5.92 Å². The number of nitrogens with one attached hydrogen (secondary N) is 1. The normalized spacial score (nSPS) is 11.0. The second-order valence-corrected chi connectivity index (χ2v) is 6.57. The van der Waals surface area contributed by atoms with Gasteiger partial charge >= 0.3 is 0 Å². The predicted molar refractivity (Wildman–Crippen MR) is 88.7 cm³/mol. The number of nitrogens with two attached hydrogens (primary N) is 1. The summed E-state index contributed by atoms with van der Waals surface area (Å²) in [7, 11) is 0. The largest absolute Gasteiger partial charge is 0.308 e. The average molecular weight is 302 g/mol. The van der Waals surface area contributed by atoms with Gasteiger partial charge < -0.3 is 5.43 Å². The van der Waals surface area contributed by atoms with Crippen LogP contribution in [-0.4, -0.2) is 9.97 Å². The number of nitrogens with zero attached hydrogens (tertiary/aromatic N) is 2. The van der Waals surface area contributed by atoms with E-state index in [1.807, 2.05) is 6.92 Å². The molecule has 0 aliphatic heterocycles. The van der Waals surface area contributed by atoms with Gasteiger partial charge in [0.15, 0.2) is 0 Å². The van der Waals surface area contributed by atoms with Gasteiger partial charge in [-0.15, -0.1) is 0 Å². The van der Waals surface area contributed by atoms with E-state index in [1.54, 1.807) is 11.8 Å². The van der Waals surface area contributed by atoms with Gasteiger partial charge in [0.1, 0.15) is 16.7 Å². The second kappa shape index (κ2) is 6.45. The molecule has 1 aromatic heterocycles. The molecule has 0 radical (unpaired) electrons. The molecular formula is C16H22N4S. The monoisotopic (exact) mass is 302 g/mol. The van der Waals surface area contributed by atoms with Crippen LogP contribution in [0.1, 0.15) is 42.3 Å². The Labute approximate surface area is 130 Å². The van der Waals surface area contributed by atoms with Crippen LogP contribution in [0.2, 0.25) is 0 Å². The van der Waals surface area contributed by atoms with Crippen LogP contribution in [0.5, 0.6) is 0 Å². The van der Waals surface area contributed by atoms with Crippen LogP contribution >= 0.6 is 11.8 Å². The highest BCUT2D eigenvalue weighted by molar-refractivity contribution is 7.99. The Morgan fingerprint density at radius 3 is 2.38 bits per heavy atom. The van der Waals surface area contributed by atoms with Crippen LogP contribution in [0, 0.1) is 20.8 Å². The lowest BCUT2D eigenvalue weighted by Crippen LogP contribution is -2.13. The molecule has 0 aliphatic rings. The lowest BCUT2D eigenvalue weighted by molar-refractivity contribution is 0.749. The number of rotatable bonds is 4. The molecule has 5 heteroatoms. The maximum Gasteiger partial charge on any atom is 0.147 e. The molecular weight excluding hydrogens is 280 g/mol. The molecule has 4 nitrogen and oxygen atoms in total. The summed E-state index contributed by atoms with van der Waals surface area (Å²) in [5, 5.41) is 0.949. The smallest absolute Gasteiger partial charge is 0.147 e. The molecule has 0 bridgehead atoms. The summed E-state index contributed by atoms with van der Waals surface area (Å²) >= 11 is 1.65. The number of anilines is 1. The Bertz CT molecular complexity index is 653. The Kier molecular flexibility index (Phi) is 4.85. The first-order valence-electron chi connectivity index (χ1n) is 7.02. The molecule has 21 heavy (non-hydrogen) atoms. The molecule has 1 aromatic carbocycles. The van der Waals surface area contributed by atoms with Crippen molar-refractivity contribution < 1.29 is 0 Å². The molecule has 1 heterocycles. The molecule has 3 N–H and O–H groups in total. The van der Waals surface area contributed by atoms with Crippen LogP contribution < -0.4 is 11.3 Å². The zero-order valence-corrected chi connectivity index (χ0v) is 14.0. The minimum atomic E-state index is 0.261. The first kappa shape index (κ1) is 15.8. The van der Waals surface area contributed by atoms with E-state index in [9.17, 15) is 0 Å². The summed E-state index contributed by atoms with van der Waals surface area (Å²) < 4.78 is 0. The zero-order chi connectivity index (χ0) is 15.6. The van der Waals surface area contributed by atoms with E-state index in [1.165, 1.54) is 16.0 Å². The lowest BCUT2D eigenvalue weighted by atomic mass is 10.1. The third-order valence-corrected chi connectivity index (χ3v) is 4.54. The molecule has 0 atom stereocenters. The van der Waals surface area contributed by atoms with Crippen molar-refractivity contribution in [2.75, 3.05) is 5.43 Å². The third-order valence-electron chi connectivity index (χ3n) is 3.46. The van der Waals surface area contributed by atoms with E-state index in [4.69, 9.17) is 5.84 Å². The van der Waals surface area contributed by atoms with Gasteiger partial charge in [0.05, 0.1) is 0 Å². The van der Waals surface area contributed by atoms with Gasteiger partial charge in [0, 0.05) is 16.4 Å². The Morgan fingerprint density at radius 2 is 1.81 bits per heavy atom. The van der Waals surface area contributed by atoms with Gasteiger partial charge in [-0.05, 0) is 44.0 Å². The number of aromatic nitrogens is 2. The van der Waals surface area contributed by atoms with E-state index in [2.05, 4.69) is 61.3 Å². The zero-order valence-electron chi connectivity index (χ0n) is 13.2. The maximum atomic E-state index is 5.58. The molecule has 2 rings (SSSR count). The van der Waals surface area contributed by atoms with Crippen LogP contribution in [0.3, 0.4) is 0 Å². The first-order chi connectivity index (χ1) is 9.92. The standard InChI is InChI=1S/C16H22N4S/c1-9(2)14-18-15(20-17)12(5)16(19-14)21-13-7-6-10(3)11(4)8-13/h6-9H,17H2,1-5H3,(H,18,19,20). The number of aryl methyl sites for hydroxylation is 2. The first-order valence-corrected chi connectivity index (χ1v) is 7.84. The Morgan fingerprint density at radius 1 is 1.10 bits per heavy atom. The third kappa shape index (κ3) is 3.54. The summed E-state index contributed by atoms with van der Waals surface area (Å²) in [6.07, 6.45) is 0. The van der Waals surface area contributed by atoms with Crippen molar-refractivity contribution in [3.8, 4) is 0 Å². The Balaban J connectivity index is 2.42. The molecule has 0 saturated carbocycles. The number of hydrogen-bond donors (Lipinski definition) is 2. The van der Waals surface area contributed by atoms with Crippen molar-refractivity contribution >= 4 is 17.6 Å². The van der Waals surface area contributed by atoms with Crippen LogP contribution in [0.15, 0.2) is 28.1 Å². The number of benzene rings is 1. The van der Waals surface area contributed by atoms with E-state index in [0.717, 1.165) is 16.4 Å². The number of nitrogen functional groups attached to an aromatic ring is 1. The van der Waals surface area contributed by atoms with Gasteiger partial charge in [-0.3, -0.25) is 0 Å². The van der Waals surface area contributed by atoms with Crippen molar-refractivity contribution in [1.82, 2.24) is 9.97 Å². The maximum absolute atomic E-state index is 5.58. The quantitative estimate of drug-likeness (QED) is 0.508. The van der Waals surface area contributed by atoms with E-state index >= 15 is 0 Å². The number of hydrogen-bond acceptors (Lipinski definition) is 5. The SMILES string of the molecule is Cc1ccc(Sc2nc(C(C)C)nc(NN)c2C)cc1C. The number of hydrazine groups is 1. The molecule has 112 valence electrons. The highest BCUT2D eigenvalue weighted by Crippen LogP contribution is 2.33. The van der Waals surface area contributed by atoms with Crippen LogP contribution in [0.25, 0.3) is 0 Å². The van der Waals surface area contributed by atoms with E-state index in [0.29, 0.717) is 5.82 Å². The van der Waals surface area contributed by atoms with Gasteiger partial charge in [0.2, 0.25) is 0 Å². The van der Waals surface area contributed by atoms with Crippen molar-refractivity contribution in [2.45, 2.75) is 50.5 Å². The van der Waals surface area contributed by atoms with Gasteiger partial charge in [-0.2, -0.15) is 0 Å². The molecule has 0 spiro atoms. The summed E-state index contributed by atoms with van der Waals surface area (Å²) in [5.74, 6) is 7.34. The average Bonchev–Trinajstić information content (AvgIpc) is 2.44. The van der Waals surface area contributed by atoms with Crippen LogP contribution in [0.4, 0.5) is 5.82 Å². The van der Waals surface area contributed by atoms with Crippen molar-refractivity contribution in [3.63, 3.8) is 0 Å². The predicted octanol–water partition coefficient (Wildman–Crippen LogP) is 3.96. The fourth-order valence-corrected chi connectivity index (χ4v) is 2.88. The summed E-state index contributed by atoms with van der Waals surface area (Å²) in [6.45, 7) is 10.4.